The molecule has 1 aromatic carbocycles. The van der Waals surface area contributed by atoms with Crippen LogP contribution in [0.1, 0.15) is 70.7 Å². The Morgan fingerprint density at radius 3 is 2.29 bits per heavy atom. The summed E-state index contributed by atoms with van der Waals surface area (Å²) in [5.41, 5.74) is 1.96. The maximum Gasteiger partial charge on any atom is 0.251 e. The van der Waals surface area contributed by atoms with Crippen molar-refractivity contribution in [1.82, 2.24) is 16.0 Å². The lowest BCUT2D eigenvalue weighted by Gasteiger charge is -2.46. The van der Waals surface area contributed by atoms with E-state index in [2.05, 4.69) is 56.3 Å². The van der Waals surface area contributed by atoms with Crippen LogP contribution in [0.25, 0.3) is 0 Å². The summed E-state index contributed by atoms with van der Waals surface area (Å²) < 4.78 is 5.96. The average molecular weight is 477 g/mol. The van der Waals surface area contributed by atoms with E-state index in [1.165, 1.54) is 0 Å². The summed E-state index contributed by atoms with van der Waals surface area (Å²) in [7, 11) is 0. The normalized spacial score (nSPS) is 21.1. The maximum atomic E-state index is 12.9. The van der Waals surface area contributed by atoms with Crippen molar-refractivity contribution in [3.63, 3.8) is 0 Å². The number of nitrogens with one attached hydrogen (secondary N) is 3. The van der Waals surface area contributed by atoms with Crippen LogP contribution in [0, 0.1) is 17.2 Å². The molecule has 2 fully saturated rings. The smallest absolute Gasteiger partial charge is 0.251 e. The van der Waals surface area contributed by atoms with Crippen LogP contribution in [0.3, 0.4) is 0 Å². The second kappa shape index (κ2) is 11.2. The van der Waals surface area contributed by atoms with E-state index >= 15 is 0 Å². The molecule has 0 unspecified atom stereocenters. The summed E-state index contributed by atoms with van der Waals surface area (Å²) in [5.74, 6) is 1.09. The minimum absolute atomic E-state index is 0.0380. The number of hydrogen-bond donors (Lipinski definition) is 3. The lowest BCUT2D eigenvalue weighted by Crippen LogP contribution is -2.62. The fraction of sp³-hybridized carbons (Fsp3) is 0.517. The molecular formula is C29H40N4O2. The molecule has 0 radical (unpaired) electrons. The standard InChI is InChI=1S/C29H40N4O2/c1-7-8-25(21-13-15-31-16-14-21)26(19-30)20(2)35-24-11-9-22(10-12-24)27(34)32-23-17-28(3,4)33-29(5,6)18-23/h7-12,21,23,31,33H,2,13-18H2,1,3-6H3,(H,32,34). The number of amides is 1. The van der Waals surface area contributed by atoms with E-state index in [1.54, 1.807) is 24.3 Å². The molecule has 2 aliphatic rings. The topological polar surface area (TPSA) is 86.2 Å². The van der Waals surface area contributed by atoms with Crippen LogP contribution >= 0.6 is 0 Å². The van der Waals surface area contributed by atoms with Gasteiger partial charge in [-0.15, -0.1) is 0 Å². The Bertz CT molecular complexity index is 1010. The summed E-state index contributed by atoms with van der Waals surface area (Å²) in [6, 6.07) is 9.43. The Morgan fingerprint density at radius 1 is 1.14 bits per heavy atom. The van der Waals surface area contributed by atoms with Gasteiger partial charge in [-0.1, -0.05) is 18.7 Å². The monoisotopic (exact) mass is 476 g/mol. The van der Waals surface area contributed by atoms with E-state index in [-0.39, 0.29) is 23.0 Å². The lowest BCUT2D eigenvalue weighted by atomic mass is 9.79. The second-order valence-electron chi connectivity index (χ2n) is 11.0. The molecule has 35 heavy (non-hydrogen) atoms. The predicted molar refractivity (Wildman–Crippen MR) is 141 cm³/mol. The van der Waals surface area contributed by atoms with Crippen molar-refractivity contribution in [2.75, 3.05) is 13.1 Å². The van der Waals surface area contributed by atoms with E-state index in [9.17, 15) is 10.1 Å². The molecule has 1 aromatic rings. The number of carbonyl (C=O) groups excluding carboxylic acids is 1. The van der Waals surface area contributed by atoms with Crippen molar-refractivity contribution in [3.8, 4) is 11.8 Å². The van der Waals surface area contributed by atoms with E-state index in [1.807, 2.05) is 19.1 Å². The number of piperidine rings is 2. The minimum Gasteiger partial charge on any atom is -0.457 e. The van der Waals surface area contributed by atoms with Gasteiger partial charge in [0.1, 0.15) is 17.6 Å². The van der Waals surface area contributed by atoms with Crippen molar-refractivity contribution >= 4 is 5.91 Å². The van der Waals surface area contributed by atoms with Crippen molar-refractivity contribution in [3.05, 3.63) is 65.5 Å². The number of benzene rings is 1. The van der Waals surface area contributed by atoms with Crippen molar-refractivity contribution in [2.24, 2.45) is 5.92 Å². The number of carbonyl (C=O) groups is 1. The molecule has 6 heteroatoms. The van der Waals surface area contributed by atoms with Crippen molar-refractivity contribution in [2.45, 2.75) is 77.4 Å². The van der Waals surface area contributed by atoms with Crippen LogP contribution in [-0.4, -0.2) is 36.1 Å². The van der Waals surface area contributed by atoms with Crippen LogP contribution in [-0.2, 0) is 0 Å². The summed E-state index contributed by atoms with van der Waals surface area (Å²) >= 11 is 0. The van der Waals surface area contributed by atoms with Gasteiger partial charge in [0, 0.05) is 22.7 Å². The molecule has 3 rings (SSSR count). The summed E-state index contributed by atoms with van der Waals surface area (Å²) in [6.07, 6.45) is 7.66. The highest BCUT2D eigenvalue weighted by atomic mass is 16.5. The highest BCUT2D eigenvalue weighted by Crippen LogP contribution is 2.30. The van der Waals surface area contributed by atoms with E-state index in [4.69, 9.17) is 4.74 Å². The Balaban J connectivity index is 1.68. The van der Waals surface area contributed by atoms with Crippen LogP contribution in [0.5, 0.6) is 5.75 Å². The number of nitriles is 1. The molecule has 2 aliphatic heterocycles. The van der Waals surface area contributed by atoms with Gasteiger partial charge < -0.3 is 20.7 Å². The zero-order valence-electron chi connectivity index (χ0n) is 21.8. The molecule has 0 saturated carbocycles. The third kappa shape index (κ3) is 7.30. The van der Waals surface area contributed by atoms with Gasteiger partial charge in [-0.05, 0) is 109 Å². The molecule has 0 atom stereocenters. The molecule has 2 saturated heterocycles. The van der Waals surface area contributed by atoms with Gasteiger partial charge in [-0.2, -0.15) is 5.26 Å². The molecule has 1 amide bonds. The first-order valence-electron chi connectivity index (χ1n) is 12.6. The molecule has 0 aromatic heterocycles. The second-order valence-corrected chi connectivity index (χ2v) is 11.0. The largest absolute Gasteiger partial charge is 0.457 e. The molecule has 0 spiro atoms. The Morgan fingerprint density at radius 2 is 1.74 bits per heavy atom. The first kappa shape index (κ1) is 26.7. The highest BCUT2D eigenvalue weighted by Gasteiger charge is 2.38. The Hall–Kier alpha value is -2.88. The molecule has 0 bridgehead atoms. The quantitative estimate of drug-likeness (QED) is 0.292. The number of nitrogens with zero attached hydrogens (tertiary/aromatic N) is 1. The Kier molecular flexibility index (Phi) is 8.58. The van der Waals surface area contributed by atoms with Gasteiger partial charge in [0.2, 0.25) is 0 Å². The van der Waals surface area contributed by atoms with Crippen molar-refractivity contribution in [1.29, 1.82) is 5.26 Å². The zero-order chi connectivity index (χ0) is 25.6. The van der Waals surface area contributed by atoms with Gasteiger partial charge in [0.15, 0.2) is 0 Å². The van der Waals surface area contributed by atoms with Gasteiger partial charge in [0.05, 0.1) is 5.57 Å². The third-order valence-corrected chi connectivity index (χ3v) is 6.69. The number of ether oxygens (including phenoxy) is 1. The van der Waals surface area contributed by atoms with Crippen LogP contribution in [0.4, 0.5) is 0 Å². The Labute approximate surface area is 210 Å². The predicted octanol–water partition coefficient (Wildman–Crippen LogP) is 5.01. The van der Waals surface area contributed by atoms with E-state index in [0.29, 0.717) is 28.6 Å². The average Bonchev–Trinajstić information content (AvgIpc) is 2.78. The number of hydrogen-bond acceptors (Lipinski definition) is 5. The first-order chi connectivity index (χ1) is 16.5. The van der Waals surface area contributed by atoms with Crippen molar-refractivity contribution < 1.29 is 9.53 Å². The SMILES string of the molecule is C=C(Oc1ccc(C(=O)NC2CC(C)(C)NC(C)(C)C2)cc1)C(C#N)=C(C=CC)C1CCNCC1. The van der Waals surface area contributed by atoms with Gasteiger partial charge in [-0.3, -0.25) is 4.79 Å². The summed E-state index contributed by atoms with van der Waals surface area (Å²) in [6.45, 7) is 16.6. The molecule has 6 nitrogen and oxygen atoms in total. The van der Waals surface area contributed by atoms with E-state index in [0.717, 1.165) is 44.3 Å². The van der Waals surface area contributed by atoms with Gasteiger partial charge >= 0.3 is 0 Å². The molecule has 0 aliphatic carbocycles. The van der Waals surface area contributed by atoms with Crippen LogP contribution < -0.4 is 20.7 Å². The fourth-order valence-corrected chi connectivity index (χ4v) is 5.58. The molecule has 3 N–H and O–H groups in total. The fourth-order valence-electron chi connectivity index (χ4n) is 5.58. The maximum absolute atomic E-state index is 12.9. The molecule has 2 heterocycles. The molecule has 188 valence electrons. The number of rotatable bonds is 7. The zero-order valence-corrected chi connectivity index (χ0v) is 21.8. The lowest BCUT2D eigenvalue weighted by molar-refractivity contribution is 0.0873. The van der Waals surface area contributed by atoms with Gasteiger partial charge in [-0.25, -0.2) is 0 Å². The minimum atomic E-state index is -0.0900. The van der Waals surface area contributed by atoms with Crippen LogP contribution in [0.15, 0.2) is 59.9 Å². The van der Waals surface area contributed by atoms with Crippen LogP contribution in [0.2, 0.25) is 0 Å². The summed E-state index contributed by atoms with van der Waals surface area (Å²) in [5, 5.41) is 20.1. The third-order valence-electron chi connectivity index (χ3n) is 6.69. The number of allylic oxidation sites excluding steroid dienone is 4. The van der Waals surface area contributed by atoms with E-state index < -0.39 is 0 Å². The van der Waals surface area contributed by atoms with Gasteiger partial charge in [0.25, 0.3) is 5.91 Å². The molecular weight excluding hydrogens is 436 g/mol. The summed E-state index contributed by atoms with van der Waals surface area (Å²) in [4.78, 5) is 12.9. The first-order valence-corrected chi connectivity index (χ1v) is 12.6. The highest BCUT2D eigenvalue weighted by molar-refractivity contribution is 5.94.